The van der Waals surface area contributed by atoms with Crippen molar-refractivity contribution < 1.29 is 14.3 Å². The van der Waals surface area contributed by atoms with Crippen molar-refractivity contribution in [1.29, 1.82) is 0 Å². The minimum absolute atomic E-state index is 0.241. The number of methoxy groups -OCH3 is 2. The Morgan fingerprint density at radius 1 is 1.18 bits per heavy atom. The Bertz CT molecular complexity index is 892. The van der Waals surface area contributed by atoms with Crippen LogP contribution in [0.5, 0.6) is 11.5 Å². The number of aromatic nitrogens is 1. The number of thiazole rings is 1. The molecular weight excluding hydrogens is 320 g/mol. The van der Waals surface area contributed by atoms with Crippen LogP contribution in [0.15, 0.2) is 34.6 Å². The number of carbonyl (C=O) groups excluding carboxylic acids is 1. The molecule has 7 heteroatoms. The summed E-state index contributed by atoms with van der Waals surface area (Å²) in [5.41, 5.74) is 0.865. The molecule has 3 aromatic rings. The van der Waals surface area contributed by atoms with Gasteiger partial charge in [-0.1, -0.05) is 17.4 Å². The number of nitrogens with zero attached hydrogens (tertiary/aromatic N) is 2. The molecule has 0 aliphatic rings. The second-order valence-corrected chi connectivity index (χ2v) is 6.41. The van der Waals surface area contributed by atoms with Crippen LogP contribution in [0.25, 0.3) is 10.2 Å². The fourth-order valence-corrected chi connectivity index (χ4v) is 3.90. The molecule has 0 bridgehead atoms. The summed E-state index contributed by atoms with van der Waals surface area (Å²) >= 11 is 2.79. The van der Waals surface area contributed by atoms with Crippen LogP contribution in [0.2, 0.25) is 0 Å². The Labute approximate surface area is 135 Å². The average molecular weight is 334 g/mol. The summed E-state index contributed by atoms with van der Waals surface area (Å²) in [6.45, 7) is 0. The van der Waals surface area contributed by atoms with Crippen molar-refractivity contribution in [1.82, 2.24) is 4.57 Å². The Morgan fingerprint density at radius 3 is 2.55 bits per heavy atom. The van der Waals surface area contributed by atoms with Crippen LogP contribution >= 0.6 is 22.7 Å². The summed E-state index contributed by atoms with van der Waals surface area (Å²) < 4.78 is 13.6. The summed E-state index contributed by atoms with van der Waals surface area (Å²) in [6.07, 6.45) is 0. The Hall–Kier alpha value is -2.12. The molecule has 2 heterocycles. The van der Waals surface area contributed by atoms with Gasteiger partial charge in [0, 0.05) is 7.05 Å². The van der Waals surface area contributed by atoms with Crippen molar-refractivity contribution in [3.63, 3.8) is 0 Å². The largest absolute Gasteiger partial charge is 0.495 e. The molecule has 0 aliphatic heterocycles. The first-order valence-corrected chi connectivity index (χ1v) is 8.18. The van der Waals surface area contributed by atoms with E-state index in [-0.39, 0.29) is 5.91 Å². The van der Waals surface area contributed by atoms with E-state index in [1.165, 1.54) is 22.7 Å². The quantitative estimate of drug-likeness (QED) is 0.740. The first-order chi connectivity index (χ1) is 10.7. The van der Waals surface area contributed by atoms with Crippen LogP contribution in [-0.2, 0) is 7.05 Å². The normalized spacial score (nSPS) is 11.9. The number of hydrogen-bond acceptors (Lipinski definition) is 5. The minimum atomic E-state index is -0.241. The first-order valence-electron chi connectivity index (χ1n) is 6.48. The molecule has 0 radical (unpaired) electrons. The maximum absolute atomic E-state index is 12.2. The third kappa shape index (κ3) is 2.42. The van der Waals surface area contributed by atoms with E-state index < -0.39 is 0 Å². The molecule has 0 saturated heterocycles. The lowest BCUT2D eigenvalue weighted by Crippen LogP contribution is -2.13. The zero-order valence-corrected chi connectivity index (χ0v) is 14.0. The number of hydrogen-bond donors (Lipinski definition) is 0. The number of rotatable bonds is 3. The maximum Gasteiger partial charge on any atom is 0.289 e. The molecule has 0 saturated carbocycles. The van der Waals surface area contributed by atoms with Crippen LogP contribution in [0.1, 0.15) is 9.67 Å². The van der Waals surface area contributed by atoms with Gasteiger partial charge >= 0.3 is 0 Å². The van der Waals surface area contributed by atoms with Gasteiger partial charge in [0.25, 0.3) is 5.91 Å². The van der Waals surface area contributed by atoms with Gasteiger partial charge in [0.2, 0.25) is 0 Å². The molecule has 0 N–H and O–H groups in total. The second kappa shape index (κ2) is 5.94. The summed E-state index contributed by atoms with van der Waals surface area (Å²) in [6, 6.07) is 7.30. The van der Waals surface area contributed by atoms with Crippen molar-refractivity contribution >= 4 is 38.8 Å². The number of amides is 1. The van der Waals surface area contributed by atoms with E-state index in [4.69, 9.17) is 9.47 Å². The number of thiophene rings is 1. The van der Waals surface area contributed by atoms with Gasteiger partial charge in [-0.15, -0.1) is 11.3 Å². The molecule has 0 aliphatic carbocycles. The maximum atomic E-state index is 12.2. The lowest BCUT2D eigenvalue weighted by molar-refractivity contribution is 0.100. The van der Waals surface area contributed by atoms with Gasteiger partial charge in [0.1, 0.15) is 21.7 Å². The molecule has 3 rings (SSSR count). The van der Waals surface area contributed by atoms with Crippen LogP contribution in [0.4, 0.5) is 0 Å². The average Bonchev–Trinajstić information content (AvgIpc) is 3.16. The standard InChI is InChI=1S/C15H14N2O3S2/c1-17-12-9(19-2)6-7-10(20-3)13(12)22-15(17)16-14(18)11-5-4-8-21-11/h4-8H,1-3H3. The topological polar surface area (TPSA) is 52.8 Å². The van der Waals surface area contributed by atoms with Gasteiger partial charge in [-0.05, 0) is 23.6 Å². The number of aryl methyl sites for hydroxylation is 1. The smallest absolute Gasteiger partial charge is 0.289 e. The van der Waals surface area contributed by atoms with Crippen molar-refractivity contribution in [3.05, 3.63) is 39.3 Å². The number of benzene rings is 1. The molecule has 5 nitrogen and oxygen atoms in total. The van der Waals surface area contributed by atoms with Crippen LogP contribution in [0.3, 0.4) is 0 Å². The fourth-order valence-electron chi connectivity index (χ4n) is 2.17. The lowest BCUT2D eigenvalue weighted by Gasteiger charge is -2.06. The predicted molar refractivity (Wildman–Crippen MR) is 88.1 cm³/mol. The highest BCUT2D eigenvalue weighted by Crippen LogP contribution is 2.34. The van der Waals surface area contributed by atoms with Crippen molar-refractivity contribution in [2.24, 2.45) is 12.0 Å². The summed E-state index contributed by atoms with van der Waals surface area (Å²) in [5, 5.41) is 1.86. The number of carbonyl (C=O) groups is 1. The van der Waals surface area contributed by atoms with E-state index >= 15 is 0 Å². The van der Waals surface area contributed by atoms with Crippen molar-refractivity contribution in [2.75, 3.05) is 14.2 Å². The van der Waals surface area contributed by atoms with E-state index in [1.54, 1.807) is 20.3 Å². The van der Waals surface area contributed by atoms with Gasteiger partial charge in [-0.3, -0.25) is 4.79 Å². The minimum Gasteiger partial charge on any atom is -0.495 e. The van der Waals surface area contributed by atoms with Gasteiger partial charge in [-0.2, -0.15) is 4.99 Å². The van der Waals surface area contributed by atoms with Gasteiger partial charge in [0.05, 0.1) is 19.1 Å². The molecule has 0 unspecified atom stereocenters. The molecule has 0 atom stereocenters. The van der Waals surface area contributed by atoms with E-state index in [1.807, 2.05) is 35.2 Å². The molecular formula is C15H14N2O3S2. The summed E-state index contributed by atoms with van der Waals surface area (Å²) in [4.78, 5) is 17.6. The van der Waals surface area contributed by atoms with Crippen molar-refractivity contribution in [2.45, 2.75) is 0 Å². The van der Waals surface area contributed by atoms with E-state index in [9.17, 15) is 4.79 Å². The number of fused-ring (bicyclic) bond motifs is 1. The monoisotopic (exact) mass is 334 g/mol. The summed E-state index contributed by atoms with van der Waals surface area (Å²) in [5.74, 6) is 1.22. The summed E-state index contributed by atoms with van der Waals surface area (Å²) in [7, 11) is 5.10. The highest BCUT2D eigenvalue weighted by molar-refractivity contribution is 7.17. The molecule has 1 aromatic carbocycles. The third-order valence-corrected chi connectivity index (χ3v) is 5.25. The highest BCUT2D eigenvalue weighted by Gasteiger charge is 2.14. The Balaban J connectivity index is 2.23. The van der Waals surface area contributed by atoms with Crippen molar-refractivity contribution in [3.8, 4) is 11.5 Å². The van der Waals surface area contributed by atoms with Crippen LogP contribution in [0, 0.1) is 0 Å². The number of ether oxygens (including phenoxy) is 2. The van der Waals surface area contributed by atoms with Crippen LogP contribution in [-0.4, -0.2) is 24.7 Å². The molecule has 114 valence electrons. The highest BCUT2D eigenvalue weighted by atomic mass is 32.1. The SMILES string of the molecule is COc1ccc(OC)c2c1sc(=NC(=O)c1cccs1)n2C. The first kappa shape index (κ1) is 14.8. The second-order valence-electron chi connectivity index (χ2n) is 4.49. The Kier molecular flexibility index (Phi) is 4.00. The predicted octanol–water partition coefficient (Wildman–Crippen LogP) is 3.06. The van der Waals surface area contributed by atoms with Crippen LogP contribution < -0.4 is 14.3 Å². The lowest BCUT2D eigenvalue weighted by atomic mass is 10.3. The van der Waals surface area contributed by atoms with Gasteiger partial charge in [-0.25, -0.2) is 0 Å². The third-order valence-electron chi connectivity index (χ3n) is 3.24. The molecule has 22 heavy (non-hydrogen) atoms. The van der Waals surface area contributed by atoms with Gasteiger partial charge in [0.15, 0.2) is 4.80 Å². The fraction of sp³-hybridized carbons (Fsp3) is 0.200. The zero-order chi connectivity index (χ0) is 15.7. The molecule has 2 aromatic heterocycles. The molecule has 0 spiro atoms. The zero-order valence-electron chi connectivity index (χ0n) is 12.3. The molecule has 0 fully saturated rings. The van der Waals surface area contributed by atoms with E-state index in [0.29, 0.717) is 9.68 Å². The van der Waals surface area contributed by atoms with E-state index in [2.05, 4.69) is 4.99 Å². The van der Waals surface area contributed by atoms with E-state index in [0.717, 1.165) is 21.7 Å². The molecule has 1 amide bonds. The Morgan fingerprint density at radius 2 is 1.91 bits per heavy atom. The van der Waals surface area contributed by atoms with Gasteiger partial charge < -0.3 is 14.0 Å².